The molecule has 2 aromatic rings. The first-order chi connectivity index (χ1) is 15.7. The molecule has 1 unspecified atom stereocenters. The van der Waals surface area contributed by atoms with E-state index in [1.807, 2.05) is 30.3 Å². The number of furan rings is 1. The fraction of sp³-hybridized carbons (Fsp3) is 0.556. The van der Waals surface area contributed by atoms with Crippen LogP contribution in [0.1, 0.15) is 51.9 Å². The summed E-state index contributed by atoms with van der Waals surface area (Å²) in [6, 6.07) is 13.8. The number of methoxy groups -OCH3 is 1. The van der Waals surface area contributed by atoms with Crippen molar-refractivity contribution in [1.29, 1.82) is 0 Å². The molecule has 0 aliphatic rings. The topological polar surface area (TPSA) is 63.0 Å². The molecule has 0 saturated carbocycles. The van der Waals surface area contributed by atoms with Gasteiger partial charge in [0.05, 0.1) is 26.0 Å². The van der Waals surface area contributed by atoms with Gasteiger partial charge in [-0.15, -0.1) is 0 Å². The van der Waals surface area contributed by atoms with Crippen molar-refractivity contribution in [1.82, 2.24) is 9.80 Å². The van der Waals surface area contributed by atoms with Crippen LogP contribution >= 0.6 is 0 Å². The van der Waals surface area contributed by atoms with Gasteiger partial charge in [-0.1, -0.05) is 58.0 Å². The summed E-state index contributed by atoms with van der Waals surface area (Å²) in [5.41, 5.74) is 1.32. The van der Waals surface area contributed by atoms with E-state index in [0.717, 1.165) is 24.2 Å². The standard InChI is InChI=1S/C27H40N2O4/c1-22(19-27(2,3)4)18-25(30)29(15-17-32-5)21-26(31)28(20-24-12-9-16-33-24)14-13-23-10-7-6-8-11-23/h6-12,16,22H,13-15,17-21H2,1-5H3. The minimum Gasteiger partial charge on any atom is -0.467 e. The van der Waals surface area contributed by atoms with Crippen LogP contribution in [0.4, 0.5) is 0 Å². The van der Waals surface area contributed by atoms with E-state index in [9.17, 15) is 9.59 Å². The quantitative estimate of drug-likeness (QED) is 0.435. The monoisotopic (exact) mass is 456 g/mol. The molecule has 0 spiro atoms. The molecule has 1 aromatic carbocycles. The van der Waals surface area contributed by atoms with Crippen LogP contribution in [-0.4, -0.2) is 55.0 Å². The highest BCUT2D eigenvalue weighted by Gasteiger charge is 2.25. The molecule has 0 saturated heterocycles. The van der Waals surface area contributed by atoms with Crippen molar-refractivity contribution in [3.63, 3.8) is 0 Å². The van der Waals surface area contributed by atoms with E-state index < -0.39 is 0 Å². The summed E-state index contributed by atoms with van der Waals surface area (Å²) < 4.78 is 10.7. The van der Waals surface area contributed by atoms with Crippen molar-refractivity contribution >= 4 is 11.8 Å². The summed E-state index contributed by atoms with van der Waals surface area (Å²) in [6.07, 6.45) is 3.73. The Balaban J connectivity index is 2.07. The Morgan fingerprint density at radius 2 is 1.73 bits per heavy atom. The van der Waals surface area contributed by atoms with Crippen LogP contribution in [-0.2, 0) is 27.3 Å². The van der Waals surface area contributed by atoms with Crippen LogP contribution < -0.4 is 0 Å². The Labute approximate surface area is 198 Å². The predicted molar refractivity (Wildman–Crippen MR) is 131 cm³/mol. The maximum absolute atomic E-state index is 13.3. The zero-order chi connectivity index (χ0) is 24.3. The SMILES string of the molecule is COCCN(CC(=O)N(CCc1ccccc1)Cc1ccco1)C(=O)CC(C)CC(C)(C)C. The fourth-order valence-corrected chi connectivity index (χ4v) is 4.09. The van der Waals surface area contributed by atoms with Gasteiger partial charge in [-0.2, -0.15) is 0 Å². The lowest BCUT2D eigenvalue weighted by molar-refractivity contribution is -0.142. The molecule has 1 heterocycles. The Morgan fingerprint density at radius 1 is 1.00 bits per heavy atom. The van der Waals surface area contributed by atoms with Crippen molar-refractivity contribution < 1.29 is 18.7 Å². The first kappa shape index (κ1) is 26.7. The van der Waals surface area contributed by atoms with Crippen molar-refractivity contribution in [2.24, 2.45) is 11.3 Å². The number of ether oxygens (including phenoxy) is 1. The van der Waals surface area contributed by atoms with Gasteiger partial charge in [0, 0.05) is 26.6 Å². The molecule has 2 rings (SSSR count). The highest BCUT2D eigenvalue weighted by atomic mass is 16.5. The number of benzene rings is 1. The van der Waals surface area contributed by atoms with Crippen LogP contribution in [0, 0.1) is 11.3 Å². The maximum atomic E-state index is 13.3. The lowest BCUT2D eigenvalue weighted by Gasteiger charge is -2.29. The third-order valence-electron chi connectivity index (χ3n) is 5.52. The number of nitrogens with zero attached hydrogens (tertiary/aromatic N) is 2. The molecular weight excluding hydrogens is 416 g/mol. The van der Waals surface area contributed by atoms with Gasteiger partial charge in [0.15, 0.2) is 0 Å². The molecule has 1 aromatic heterocycles. The molecule has 0 fully saturated rings. The molecule has 0 N–H and O–H groups in total. The number of rotatable bonds is 13. The van der Waals surface area contributed by atoms with Gasteiger partial charge in [-0.3, -0.25) is 9.59 Å². The average molecular weight is 457 g/mol. The average Bonchev–Trinajstić information content (AvgIpc) is 3.26. The van der Waals surface area contributed by atoms with E-state index in [1.54, 1.807) is 23.2 Å². The third-order valence-corrected chi connectivity index (χ3v) is 5.52. The molecule has 0 aliphatic carbocycles. The largest absolute Gasteiger partial charge is 0.467 e. The summed E-state index contributed by atoms with van der Waals surface area (Å²) in [6.45, 7) is 10.4. The Morgan fingerprint density at radius 3 is 2.33 bits per heavy atom. The molecule has 33 heavy (non-hydrogen) atoms. The number of carbonyl (C=O) groups is 2. The highest BCUT2D eigenvalue weighted by Crippen LogP contribution is 2.26. The first-order valence-corrected chi connectivity index (χ1v) is 11.8. The minimum absolute atomic E-state index is 0.00171. The zero-order valence-electron chi connectivity index (χ0n) is 20.9. The van der Waals surface area contributed by atoms with Crippen LogP contribution in [0.2, 0.25) is 0 Å². The van der Waals surface area contributed by atoms with Crippen molar-refractivity contribution in [2.45, 2.75) is 53.5 Å². The van der Waals surface area contributed by atoms with Gasteiger partial charge in [-0.05, 0) is 41.9 Å². The Bertz CT molecular complexity index is 828. The second-order valence-electron chi connectivity index (χ2n) is 10.0. The number of hydrogen-bond acceptors (Lipinski definition) is 4. The second kappa shape index (κ2) is 13.2. The summed E-state index contributed by atoms with van der Waals surface area (Å²) in [5.74, 6) is 0.883. The van der Waals surface area contributed by atoms with Gasteiger partial charge < -0.3 is 19.0 Å². The predicted octanol–water partition coefficient (Wildman–Crippen LogP) is 4.79. The molecule has 182 valence electrons. The number of hydrogen-bond donors (Lipinski definition) is 0. The highest BCUT2D eigenvalue weighted by molar-refractivity contribution is 5.85. The molecule has 0 aliphatic heterocycles. The van der Waals surface area contributed by atoms with E-state index in [1.165, 1.54) is 0 Å². The molecule has 6 nitrogen and oxygen atoms in total. The molecule has 2 amide bonds. The molecule has 6 heteroatoms. The van der Waals surface area contributed by atoms with Gasteiger partial charge in [0.25, 0.3) is 0 Å². The summed E-state index contributed by atoms with van der Waals surface area (Å²) in [4.78, 5) is 29.8. The van der Waals surface area contributed by atoms with Crippen molar-refractivity contribution in [2.75, 3.05) is 33.4 Å². The van der Waals surface area contributed by atoms with E-state index in [4.69, 9.17) is 9.15 Å². The van der Waals surface area contributed by atoms with E-state index in [-0.39, 0.29) is 29.7 Å². The van der Waals surface area contributed by atoms with Crippen molar-refractivity contribution in [3.8, 4) is 0 Å². The normalized spacial score (nSPS) is 12.4. The molecule has 0 bridgehead atoms. The van der Waals surface area contributed by atoms with Gasteiger partial charge >= 0.3 is 0 Å². The van der Waals surface area contributed by atoms with E-state index in [0.29, 0.717) is 32.7 Å². The number of carbonyl (C=O) groups excluding carboxylic acids is 2. The molecule has 0 radical (unpaired) electrons. The lowest BCUT2D eigenvalue weighted by Crippen LogP contribution is -2.44. The van der Waals surface area contributed by atoms with E-state index >= 15 is 0 Å². The summed E-state index contributed by atoms with van der Waals surface area (Å²) in [7, 11) is 1.61. The van der Waals surface area contributed by atoms with Crippen LogP contribution in [0.25, 0.3) is 0 Å². The van der Waals surface area contributed by atoms with Crippen LogP contribution in [0.3, 0.4) is 0 Å². The smallest absolute Gasteiger partial charge is 0.242 e. The second-order valence-corrected chi connectivity index (χ2v) is 10.0. The van der Waals surface area contributed by atoms with Crippen molar-refractivity contribution in [3.05, 3.63) is 60.1 Å². The Hall–Kier alpha value is -2.60. The Kier molecular flexibility index (Phi) is 10.7. The van der Waals surface area contributed by atoms with E-state index in [2.05, 4.69) is 39.8 Å². The van der Waals surface area contributed by atoms with Crippen LogP contribution in [0.5, 0.6) is 0 Å². The third kappa shape index (κ3) is 10.3. The fourth-order valence-electron chi connectivity index (χ4n) is 4.09. The van der Waals surface area contributed by atoms with Crippen LogP contribution in [0.15, 0.2) is 53.1 Å². The first-order valence-electron chi connectivity index (χ1n) is 11.8. The molecular formula is C27H40N2O4. The summed E-state index contributed by atoms with van der Waals surface area (Å²) in [5, 5.41) is 0. The number of amides is 2. The van der Waals surface area contributed by atoms with Gasteiger partial charge in [0.2, 0.25) is 11.8 Å². The van der Waals surface area contributed by atoms with Gasteiger partial charge in [0.1, 0.15) is 5.76 Å². The summed E-state index contributed by atoms with van der Waals surface area (Å²) >= 11 is 0. The van der Waals surface area contributed by atoms with Gasteiger partial charge in [-0.25, -0.2) is 0 Å². The zero-order valence-corrected chi connectivity index (χ0v) is 20.9. The minimum atomic E-state index is -0.0877. The lowest BCUT2D eigenvalue weighted by atomic mass is 9.84. The maximum Gasteiger partial charge on any atom is 0.242 e. The molecule has 1 atom stereocenters.